The van der Waals surface area contributed by atoms with Crippen LogP contribution in [0.15, 0.2) is 24.3 Å². The molecule has 0 spiro atoms. The third kappa shape index (κ3) is 3.17. The van der Waals surface area contributed by atoms with Gasteiger partial charge in [0, 0.05) is 17.9 Å². The van der Waals surface area contributed by atoms with E-state index < -0.39 is 34.3 Å². The SMILES string of the molecule is Nc1ccc(NC(=O)N2CC[C@@H]3[C@H]2C(=O)N3S(=O)(=O)O)cc1.[H-].[Na+]. The van der Waals surface area contributed by atoms with E-state index in [9.17, 15) is 18.0 Å². The molecule has 2 heterocycles. The van der Waals surface area contributed by atoms with Crippen LogP contribution in [0.25, 0.3) is 0 Å². The topological polar surface area (TPSA) is 133 Å². The summed E-state index contributed by atoms with van der Waals surface area (Å²) in [4.78, 5) is 25.3. The molecular weight excluding hydrogens is 335 g/mol. The molecule has 1 aromatic carbocycles. The zero-order valence-electron chi connectivity index (χ0n) is 13.3. The fourth-order valence-corrected chi connectivity index (χ4v) is 3.70. The first-order valence-electron chi connectivity index (χ1n) is 6.53. The van der Waals surface area contributed by atoms with E-state index in [1.54, 1.807) is 24.3 Å². The van der Waals surface area contributed by atoms with E-state index in [0.29, 0.717) is 22.1 Å². The number of likely N-dealkylation sites (tertiary alicyclic amines) is 1. The summed E-state index contributed by atoms with van der Waals surface area (Å²) in [5, 5.41) is 2.62. The van der Waals surface area contributed by atoms with Gasteiger partial charge in [0.2, 0.25) is 0 Å². The Hall–Kier alpha value is -1.33. The monoisotopic (exact) mass is 350 g/mol. The number of hydrogen-bond acceptors (Lipinski definition) is 5. The van der Waals surface area contributed by atoms with Gasteiger partial charge in [-0.25, -0.2) is 9.10 Å². The maximum absolute atomic E-state index is 12.2. The first-order valence-corrected chi connectivity index (χ1v) is 7.92. The van der Waals surface area contributed by atoms with Crippen molar-refractivity contribution >= 4 is 33.6 Å². The van der Waals surface area contributed by atoms with Crippen molar-refractivity contribution in [3.63, 3.8) is 0 Å². The molecule has 120 valence electrons. The van der Waals surface area contributed by atoms with Crippen LogP contribution >= 0.6 is 0 Å². The molecule has 0 aliphatic carbocycles. The number of rotatable bonds is 2. The van der Waals surface area contributed by atoms with E-state index in [4.69, 9.17) is 10.3 Å². The minimum absolute atomic E-state index is 0. The predicted molar refractivity (Wildman–Crippen MR) is 78.3 cm³/mol. The number of nitrogen functional groups attached to an aromatic ring is 1. The van der Waals surface area contributed by atoms with E-state index in [0.717, 1.165) is 0 Å². The normalized spacial score (nSPS) is 22.9. The van der Waals surface area contributed by atoms with Gasteiger partial charge >= 0.3 is 45.9 Å². The van der Waals surface area contributed by atoms with Crippen molar-refractivity contribution in [2.75, 3.05) is 17.6 Å². The van der Waals surface area contributed by atoms with E-state index in [2.05, 4.69) is 5.32 Å². The van der Waals surface area contributed by atoms with Gasteiger partial charge in [0.25, 0.3) is 5.91 Å². The number of hydrogen-bond donors (Lipinski definition) is 3. The smallest absolute Gasteiger partial charge is 1.00 e. The molecule has 0 radical (unpaired) electrons. The van der Waals surface area contributed by atoms with E-state index in [1.807, 2.05) is 0 Å². The van der Waals surface area contributed by atoms with Crippen LogP contribution in [0.1, 0.15) is 7.85 Å². The Morgan fingerprint density at radius 1 is 1.35 bits per heavy atom. The Morgan fingerprint density at radius 2 is 1.96 bits per heavy atom. The molecule has 9 nitrogen and oxygen atoms in total. The summed E-state index contributed by atoms with van der Waals surface area (Å²) in [6.45, 7) is 0.230. The van der Waals surface area contributed by atoms with Gasteiger partial charge in [-0.1, -0.05) is 0 Å². The fourth-order valence-electron chi connectivity index (χ4n) is 2.81. The summed E-state index contributed by atoms with van der Waals surface area (Å²) >= 11 is 0. The van der Waals surface area contributed by atoms with Crippen molar-refractivity contribution in [2.24, 2.45) is 0 Å². The van der Waals surface area contributed by atoms with Crippen LogP contribution in [-0.4, -0.2) is 52.7 Å². The fraction of sp³-hybridized carbons (Fsp3) is 0.333. The van der Waals surface area contributed by atoms with E-state index in [1.165, 1.54) is 4.90 Å². The standard InChI is InChI=1S/C12H14N4O5S.Na.H/c13-7-1-3-8(4-2-7)14-12(18)15-6-5-9-10(15)11(17)16(9)22(19,20)21;;/h1-4,9-10H,5-6,13H2,(H,14,18)(H,19,20,21);;/q;+1;-1/t9-,10+;;/m1../s1. The molecule has 0 bridgehead atoms. The Bertz CT molecular complexity index is 744. The van der Waals surface area contributed by atoms with E-state index >= 15 is 0 Å². The predicted octanol–water partition coefficient (Wildman–Crippen LogP) is -2.99. The van der Waals surface area contributed by atoms with Crippen LogP contribution in [0.4, 0.5) is 16.2 Å². The number of nitrogens with two attached hydrogens (primary N) is 1. The van der Waals surface area contributed by atoms with Gasteiger partial charge in [0.15, 0.2) is 0 Å². The molecule has 3 amide bonds. The van der Waals surface area contributed by atoms with Crippen LogP contribution in [0.5, 0.6) is 0 Å². The number of carbonyl (C=O) groups is 2. The number of nitrogens with zero attached hydrogens (tertiary/aromatic N) is 2. The van der Waals surface area contributed by atoms with Crippen molar-refractivity contribution in [1.82, 2.24) is 9.21 Å². The number of amides is 3. The van der Waals surface area contributed by atoms with Gasteiger partial charge in [-0.2, -0.15) is 8.42 Å². The summed E-state index contributed by atoms with van der Waals surface area (Å²) in [6, 6.07) is 4.44. The van der Waals surface area contributed by atoms with Gasteiger partial charge < -0.3 is 17.4 Å². The largest absolute Gasteiger partial charge is 1.00 e. The summed E-state index contributed by atoms with van der Waals surface area (Å²) in [5.41, 5.74) is 6.62. The Balaban J connectivity index is 0.00000144. The molecule has 1 aromatic rings. The molecule has 0 unspecified atom stereocenters. The number of nitrogens with one attached hydrogen (secondary N) is 1. The molecule has 2 atom stereocenters. The van der Waals surface area contributed by atoms with Crippen molar-refractivity contribution in [2.45, 2.75) is 18.5 Å². The average Bonchev–Trinajstić information content (AvgIpc) is 2.78. The van der Waals surface area contributed by atoms with Crippen molar-refractivity contribution in [3.8, 4) is 0 Å². The molecule has 23 heavy (non-hydrogen) atoms. The summed E-state index contributed by atoms with van der Waals surface area (Å²) in [5.74, 6) is -0.794. The molecule has 0 aromatic heterocycles. The number of benzene rings is 1. The van der Waals surface area contributed by atoms with Gasteiger partial charge in [0.05, 0.1) is 6.04 Å². The maximum atomic E-state index is 12.2. The second-order valence-electron chi connectivity index (χ2n) is 5.16. The zero-order valence-corrected chi connectivity index (χ0v) is 15.2. The second-order valence-corrected chi connectivity index (χ2v) is 6.45. The van der Waals surface area contributed by atoms with Crippen molar-refractivity contribution < 1.29 is 53.5 Å². The molecule has 3 rings (SSSR count). The quantitative estimate of drug-likeness (QED) is 0.225. The molecular formula is C12H15N4NaO5S. The molecule has 11 heteroatoms. The maximum Gasteiger partial charge on any atom is 1.00 e. The molecule has 2 aliphatic heterocycles. The number of anilines is 2. The third-order valence-electron chi connectivity index (χ3n) is 3.81. The average molecular weight is 350 g/mol. The number of carbonyl (C=O) groups excluding carboxylic acids is 2. The van der Waals surface area contributed by atoms with Gasteiger partial charge in [-0.05, 0) is 30.7 Å². The van der Waals surface area contributed by atoms with Gasteiger partial charge in [-0.3, -0.25) is 9.35 Å². The number of urea groups is 1. The van der Waals surface area contributed by atoms with Crippen LogP contribution < -0.4 is 40.6 Å². The molecule has 2 saturated heterocycles. The van der Waals surface area contributed by atoms with Gasteiger partial charge in [0.1, 0.15) is 6.04 Å². The Labute approximate surface area is 156 Å². The van der Waals surface area contributed by atoms with Crippen LogP contribution in [0, 0.1) is 0 Å². The molecule has 0 saturated carbocycles. The third-order valence-corrected chi connectivity index (χ3v) is 4.76. The van der Waals surface area contributed by atoms with Crippen molar-refractivity contribution in [3.05, 3.63) is 24.3 Å². The summed E-state index contributed by atoms with van der Waals surface area (Å²) < 4.78 is 31.6. The molecule has 2 aliphatic rings. The van der Waals surface area contributed by atoms with Crippen molar-refractivity contribution in [1.29, 1.82) is 0 Å². The van der Waals surface area contributed by atoms with Gasteiger partial charge in [-0.15, -0.1) is 0 Å². The van der Waals surface area contributed by atoms with Crippen LogP contribution in [-0.2, 0) is 15.1 Å². The Morgan fingerprint density at radius 3 is 2.52 bits per heavy atom. The summed E-state index contributed by atoms with van der Waals surface area (Å²) in [6.07, 6.45) is 0.297. The first kappa shape index (κ1) is 18.0. The summed E-state index contributed by atoms with van der Waals surface area (Å²) in [7, 11) is -4.57. The zero-order chi connectivity index (χ0) is 16.1. The Kier molecular flexibility index (Phi) is 4.92. The number of β-lactam (4-membered cyclic amide) rings is 1. The minimum Gasteiger partial charge on any atom is -1.00 e. The second kappa shape index (κ2) is 6.29. The van der Waals surface area contributed by atoms with Crippen LogP contribution in [0.2, 0.25) is 0 Å². The molecule has 2 fully saturated rings. The minimum atomic E-state index is -4.57. The van der Waals surface area contributed by atoms with Crippen LogP contribution in [0.3, 0.4) is 0 Å². The number of fused-ring (bicyclic) bond motifs is 1. The first-order chi connectivity index (χ1) is 10.3. The molecule has 4 N–H and O–H groups in total. The van der Waals surface area contributed by atoms with E-state index in [-0.39, 0.29) is 37.5 Å².